The van der Waals surface area contributed by atoms with Crippen LogP contribution in [0.1, 0.15) is 49.0 Å². The number of likely N-dealkylation sites (tertiary alicyclic amines) is 1. The summed E-state index contributed by atoms with van der Waals surface area (Å²) in [6.45, 7) is 3.12. The molecule has 6 heteroatoms. The van der Waals surface area contributed by atoms with Gasteiger partial charge in [-0.2, -0.15) is 4.98 Å². The first kappa shape index (κ1) is 14.2. The van der Waals surface area contributed by atoms with Crippen molar-refractivity contribution in [2.45, 2.75) is 38.1 Å². The van der Waals surface area contributed by atoms with E-state index >= 15 is 0 Å². The first-order chi connectivity index (χ1) is 11.3. The molecule has 2 aliphatic heterocycles. The average molecular weight is 313 g/mol. The smallest absolute Gasteiger partial charge is 0.234 e. The molecule has 2 unspecified atom stereocenters. The Labute approximate surface area is 134 Å². The summed E-state index contributed by atoms with van der Waals surface area (Å²) in [5, 5.41) is 4.06. The van der Waals surface area contributed by atoms with E-state index in [-0.39, 0.29) is 17.9 Å². The Hall–Kier alpha value is -2.37. The van der Waals surface area contributed by atoms with Crippen LogP contribution in [-0.4, -0.2) is 34.1 Å². The molecule has 1 fully saturated rings. The fraction of sp³-hybridized carbons (Fsp3) is 0.471. The Morgan fingerprint density at radius 1 is 1.39 bits per heavy atom. The van der Waals surface area contributed by atoms with E-state index in [1.165, 1.54) is 0 Å². The predicted octanol–water partition coefficient (Wildman–Crippen LogP) is 2.47. The summed E-state index contributed by atoms with van der Waals surface area (Å²) in [5.41, 5.74) is 0.977. The molecule has 2 aliphatic rings. The van der Waals surface area contributed by atoms with E-state index < -0.39 is 0 Å². The van der Waals surface area contributed by atoms with Crippen LogP contribution in [0.5, 0.6) is 5.75 Å². The number of hydrogen-bond donors (Lipinski definition) is 0. The highest BCUT2D eigenvalue weighted by atomic mass is 16.5. The number of benzene rings is 1. The van der Waals surface area contributed by atoms with Crippen molar-refractivity contribution in [2.24, 2.45) is 0 Å². The van der Waals surface area contributed by atoms with E-state index in [1.54, 1.807) is 0 Å². The van der Waals surface area contributed by atoms with Gasteiger partial charge in [0.25, 0.3) is 0 Å². The highest BCUT2D eigenvalue weighted by Crippen LogP contribution is 2.38. The van der Waals surface area contributed by atoms with Gasteiger partial charge in [0.2, 0.25) is 11.8 Å². The molecular formula is C17H19N3O3. The zero-order chi connectivity index (χ0) is 15.8. The standard InChI is InChI=1S/C17H19N3O3/c1-2-15-18-16(19-23-15)13-7-5-9-20(13)17(21)12-10-22-14-8-4-3-6-11(12)14/h3-4,6,8,12-13H,2,5,7,9-10H2,1H3. The average Bonchev–Trinajstić information content (AvgIpc) is 3.31. The van der Waals surface area contributed by atoms with Crippen molar-refractivity contribution in [1.82, 2.24) is 15.0 Å². The fourth-order valence-corrected chi connectivity index (χ4v) is 3.41. The second kappa shape index (κ2) is 5.68. The van der Waals surface area contributed by atoms with Crippen LogP contribution in [0.4, 0.5) is 0 Å². The van der Waals surface area contributed by atoms with Crippen LogP contribution in [0, 0.1) is 0 Å². The van der Waals surface area contributed by atoms with E-state index in [0.29, 0.717) is 24.7 Å². The van der Waals surface area contributed by atoms with Gasteiger partial charge in [0, 0.05) is 18.5 Å². The summed E-state index contributed by atoms with van der Waals surface area (Å²) in [6.07, 6.45) is 2.54. The van der Waals surface area contributed by atoms with Crippen molar-refractivity contribution in [3.05, 3.63) is 41.5 Å². The molecule has 1 amide bonds. The molecule has 0 aliphatic carbocycles. The van der Waals surface area contributed by atoms with E-state index in [1.807, 2.05) is 36.1 Å². The molecule has 2 atom stereocenters. The molecule has 0 saturated carbocycles. The zero-order valence-corrected chi connectivity index (χ0v) is 13.1. The summed E-state index contributed by atoms with van der Waals surface area (Å²) < 4.78 is 10.9. The van der Waals surface area contributed by atoms with Crippen LogP contribution in [0.3, 0.4) is 0 Å². The Bertz CT molecular complexity index is 727. The van der Waals surface area contributed by atoms with Crippen LogP contribution in [0.15, 0.2) is 28.8 Å². The van der Waals surface area contributed by atoms with E-state index in [9.17, 15) is 4.79 Å². The summed E-state index contributed by atoms with van der Waals surface area (Å²) in [5.74, 6) is 1.92. The van der Waals surface area contributed by atoms with Gasteiger partial charge in [-0.05, 0) is 18.9 Å². The minimum atomic E-state index is -0.232. The number of para-hydroxylation sites is 1. The third-order valence-corrected chi connectivity index (χ3v) is 4.62. The number of fused-ring (bicyclic) bond motifs is 1. The molecule has 120 valence electrons. The Kier molecular flexibility index (Phi) is 3.52. The molecule has 0 N–H and O–H groups in total. The molecule has 3 heterocycles. The maximum atomic E-state index is 13.0. The summed E-state index contributed by atoms with van der Waals surface area (Å²) in [7, 11) is 0. The molecule has 6 nitrogen and oxygen atoms in total. The lowest BCUT2D eigenvalue weighted by Crippen LogP contribution is -2.35. The molecule has 1 aromatic carbocycles. The van der Waals surface area contributed by atoms with Crippen molar-refractivity contribution in [1.29, 1.82) is 0 Å². The maximum absolute atomic E-state index is 13.0. The highest BCUT2D eigenvalue weighted by molar-refractivity contribution is 5.86. The van der Waals surface area contributed by atoms with Gasteiger partial charge in [-0.25, -0.2) is 0 Å². The minimum Gasteiger partial charge on any atom is -0.492 e. The zero-order valence-electron chi connectivity index (χ0n) is 13.1. The SMILES string of the molecule is CCc1nc(C2CCCN2C(=O)C2COc3ccccc32)no1. The topological polar surface area (TPSA) is 68.5 Å². The van der Waals surface area contributed by atoms with Crippen molar-refractivity contribution < 1.29 is 14.1 Å². The van der Waals surface area contributed by atoms with Gasteiger partial charge in [-0.3, -0.25) is 4.79 Å². The number of ether oxygens (including phenoxy) is 1. The minimum absolute atomic E-state index is 0.0840. The molecule has 1 saturated heterocycles. The monoisotopic (exact) mass is 313 g/mol. The van der Waals surface area contributed by atoms with Gasteiger partial charge >= 0.3 is 0 Å². The van der Waals surface area contributed by atoms with Gasteiger partial charge < -0.3 is 14.2 Å². The number of carbonyl (C=O) groups is 1. The fourth-order valence-electron chi connectivity index (χ4n) is 3.41. The number of nitrogens with zero attached hydrogens (tertiary/aromatic N) is 3. The summed E-state index contributed by atoms with van der Waals surface area (Å²) >= 11 is 0. The third-order valence-electron chi connectivity index (χ3n) is 4.62. The molecule has 4 rings (SSSR count). The molecule has 0 spiro atoms. The van der Waals surface area contributed by atoms with Crippen molar-refractivity contribution >= 4 is 5.91 Å². The number of aryl methyl sites for hydroxylation is 1. The molecule has 0 bridgehead atoms. The molecule has 2 aromatic rings. The lowest BCUT2D eigenvalue weighted by molar-refractivity contribution is -0.134. The van der Waals surface area contributed by atoms with Gasteiger partial charge in [0.1, 0.15) is 18.3 Å². The van der Waals surface area contributed by atoms with Crippen molar-refractivity contribution in [2.75, 3.05) is 13.2 Å². The second-order valence-electron chi connectivity index (χ2n) is 5.99. The Morgan fingerprint density at radius 2 is 2.26 bits per heavy atom. The van der Waals surface area contributed by atoms with E-state index in [2.05, 4.69) is 10.1 Å². The van der Waals surface area contributed by atoms with Gasteiger partial charge in [0.05, 0.1) is 6.04 Å². The number of aromatic nitrogens is 2. The van der Waals surface area contributed by atoms with E-state index in [0.717, 1.165) is 30.7 Å². The lowest BCUT2D eigenvalue weighted by atomic mass is 9.99. The number of hydrogen-bond acceptors (Lipinski definition) is 5. The number of rotatable bonds is 3. The molecule has 1 aromatic heterocycles. The number of amides is 1. The largest absolute Gasteiger partial charge is 0.492 e. The Balaban J connectivity index is 1.58. The molecule has 23 heavy (non-hydrogen) atoms. The van der Waals surface area contributed by atoms with Gasteiger partial charge in [-0.15, -0.1) is 0 Å². The summed E-state index contributed by atoms with van der Waals surface area (Å²) in [6, 6.07) is 7.67. The first-order valence-corrected chi connectivity index (χ1v) is 8.12. The van der Waals surface area contributed by atoms with E-state index in [4.69, 9.17) is 9.26 Å². The van der Waals surface area contributed by atoms with Gasteiger partial charge in [-0.1, -0.05) is 30.3 Å². The maximum Gasteiger partial charge on any atom is 0.234 e. The van der Waals surface area contributed by atoms with Crippen molar-refractivity contribution in [3.8, 4) is 5.75 Å². The first-order valence-electron chi connectivity index (χ1n) is 8.12. The lowest BCUT2D eigenvalue weighted by Gasteiger charge is -2.25. The van der Waals surface area contributed by atoms with Crippen LogP contribution in [0.25, 0.3) is 0 Å². The number of carbonyl (C=O) groups excluding carboxylic acids is 1. The second-order valence-corrected chi connectivity index (χ2v) is 5.99. The predicted molar refractivity (Wildman–Crippen MR) is 82.0 cm³/mol. The third kappa shape index (κ3) is 2.38. The quantitative estimate of drug-likeness (QED) is 0.870. The molecule has 0 radical (unpaired) electrons. The van der Waals surface area contributed by atoms with Crippen LogP contribution < -0.4 is 4.74 Å². The molecular weight excluding hydrogens is 294 g/mol. The normalized spacial score (nSPS) is 22.9. The Morgan fingerprint density at radius 3 is 3.09 bits per heavy atom. The highest BCUT2D eigenvalue weighted by Gasteiger charge is 2.39. The van der Waals surface area contributed by atoms with Crippen LogP contribution in [0.2, 0.25) is 0 Å². The van der Waals surface area contributed by atoms with Gasteiger partial charge in [0.15, 0.2) is 5.82 Å². The van der Waals surface area contributed by atoms with Crippen LogP contribution in [-0.2, 0) is 11.2 Å². The van der Waals surface area contributed by atoms with Crippen molar-refractivity contribution in [3.63, 3.8) is 0 Å². The van der Waals surface area contributed by atoms with Crippen LogP contribution >= 0.6 is 0 Å². The summed E-state index contributed by atoms with van der Waals surface area (Å²) in [4.78, 5) is 19.3.